The Morgan fingerprint density at radius 1 is 1.27 bits per heavy atom. The Hall–Kier alpha value is -3.18. The largest absolute Gasteiger partial charge is 0.383 e. The Kier molecular flexibility index (Phi) is 6.85. The van der Waals surface area contributed by atoms with Crippen LogP contribution in [0.2, 0.25) is 0 Å². The molecule has 8 nitrogen and oxygen atoms in total. The van der Waals surface area contributed by atoms with Crippen LogP contribution in [-0.2, 0) is 4.79 Å². The number of hydrogen-bond donors (Lipinski definition) is 4. The van der Waals surface area contributed by atoms with Crippen LogP contribution in [0.5, 0.6) is 0 Å². The molecule has 1 aliphatic carbocycles. The number of benzene rings is 1. The summed E-state index contributed by atoms with van der Waals surface area (Å²) in [6.07, 6.45) is 2.06. The van der Waals surface area contributed by atoms with E-state index in [0.717, 1.165) is 24.8 Å². The van der Waals surface area contributed by atoms with E-state index in [2.05, 4.69) is 26.9 Å². The minimum atomic E-state index is -1.05. The van der Waals surface area contributed by atoms with Gasteiger partial charge in [-0.2, -0.15) is 10.4 Å². The van der Waals surface area contributed by atoms with Crippen LogP contribution >= 0.6 is 0 Å². The second kappa shape index (κ2) is 9.55. The van der Waals surface area contributed by atoms with Gasteiger partial charge in [0, 0.05) is 17.6 Å². The molecule has 0 radical (unpaired) electrons. The summed E-state index contributed by atoms with van der Waals surface area (Å²) in [7, 11) is 0. The normalized spacial score (nSPS) is 20.2. The zero-order chi connectivity index (χ0) is 21.7. The summed E-state index contributed by atoms with van der Waals surface area (Å²) in [4.78, 5) is 25.0. The number of aliphatic hydroxyl groups is 1. The number of amides is 2. The highest BCUT2D eigenvalue weighted by molar-refractivity contribution is 5.93. The first-order valence-electron chi connectivity index (χ1n) is 10.3. The van der Waals surface area contributed by atoms with Gasteiger partial charge in [0.05, 0.1) is 17.3 Å². The number of hydrogen-bond acceptors (Lipinski definition) is 5. The fourth-order valence-corrected chi connectivity index (χ4v) is 3.60. The molecule has 1 aliphatic rings. The number of aliphatic hydroxyl groups excluding tert-OH is 1. The van der Waals surface area contributed by atoms with Crippen molar-refractivity contribution >= 4 is 11.8 Å². The third kappa shape index (κ3) is 4.86. The molecule has 1 aromatic heterocycles. The molecule has 2 aromatic rings. The molecule has 0 bridgehead atoms. The predicted octanol–water partition coefficient (Wildman–Crippen LogP) is 2.12. The first-order valence-corrected chi connectivity index (χ1v) is 10.3. The van der Waals surface area contributed by atoms with Gasteiger partial charge in [-0.3, -0.25) is 14.7 Å². The van der Waals surface area contributed by atoms with Gasteiger partial charge in [0.15, 0.2) is 0 Å². The van der Waals surface area contributed by atoms with E-state index in [1.165, 1.54) is 0 Å². The van der Waals surface area contributed by atoms with Crippen LogP contribution in [0.3, 0.4) is 0 Å². The molecule has 0 aliphatic heterocycles. The Morgan fingerprint density at radius 3 is 2.57 bits per heavy atom. The van der Waals surface area contributed by atoms with Gasteiger partial charge in [-0.15, -0.1) is 0 Å². The maximum Gasteiger partial charge on any atom is 0.269 e. The molecule has 1 fully saturated rings. The van der Waals surface area contributed by atoms with E-state index in [9.17, 15) is 14.7 Å². The van der Waals surface area contributed by atoms with Crippen molar-refractivity contribution in [3.63, 3.8) is 0 Å². The van der Waals surface area contributed by atoms with Crippen LogP contribution < -0.4 is 10.6 Å². The van der Waals surface area contributed by atoms with E-state index < -0.39 is 6.10 Å². The van der Waals surface area contributed by atoms with Crippen LogP contribution in [0, 0.1) is 17.2 Å². The summed E-state index contributed by atoms with van der Waals surface area (Å²) in [6, 6.07) is 10.3. The van der Waals surface area contributed by atoms with Gasteiger partial charge >= 0.3 is 0 Å². The van der Waals surface area contributed by atoms with Crippen LogP contribution in [-0.4, -0.2) is 45.3 Å². The third-order valence-corrected chi connectivity index (χ3v) is 5.74. The zero-order valence-corrected chi connectivity index (χ0v) is 17.2. The van der Waals surface area contributed by atoms with E-state index in [1.54, 1.807) is 30.3 Å². The molecular weight excluding hydrogens is 382 g/mol. The van der Waals surface area contributed by atoms with Gasteiger partial charge < -0.3 is 15.7 Å². The maximum atomic E-state index is 12.7. The average Bonchev–Trinajstić information content (AvgIpc) is 3.42. The van der Waals surface area contributed by atoms with E-state index in [-0.39, 0.29) is 29.8 Å². The van der Waals surface area contributed by atoms with Crippen molar-refractivity contribution in [1.82, 2.24) is 20.8 Å². The predicted molar refractivity (Wildman–Crippen MR) is 111 cm³/mol. The molecule has 0 saturated heterocycles. The van der Waals surface area contributed by atoms with Crippen LogP contribution in [0.1, 0.15) is 55.6 Å². The monoisotopic (exact) mass is 409 g/mol. The van der Waals surface area contributed by atoms with Gasteiger partial charge in [0.2, 0.25) is 5.91 Å². The maximum absolute atomic E-state index is 12.7. The first kappa shape index (κ1) is 21.5. The number of aromatic amines is 1. The Balaban J connectivity index is 1.61. The lowest BCUT2D eigenvalue weighted by Gasteiger charge is -2.24. The highest BCUT2D eigenvalue weighted by Crippen LogP contribution is 2.22. The lowest BCUT2D eigenvalue weighted by molar-refractivity contribution is -0.132. The minimum Gasteiger partial charge on any atom is -0.383 e. The molecule has 1 aromatic carbocycles. The molecule has 2 amide bonds. The quantitative estimate of drug-likeness (QED) is 0.556. The van der Waals surface area contributed by atoms with Crippen LogP contribution in [0.15, 0.2) is 30.3 Å². The average molecular weight is 409 g/mol. The lowest BCUT2D eigenvalue weighted by Crippen LogP contribution is -2.51. The van der Waals surface area contributed by atoms with Crippen molar-refractivity contribution in [2.24, 2.45) is 5.92 Å². The van der Waals surface area contributed by atoms with Gasteiger partial charge in [-0.1, -0.05) is 32.4 Å². The Labute approximate surface area is 175 Å². The van der Waals surface area contributed by atoms with Gasteiger partial charge in [0.1, 0.15) is 11.8 Å². The molecule has 3 rings (SSSR count). The number of H-pyrrole nitrogens is 1. The van der Waals surface area contributed by atoms with Crippen molar-refractivity contribution in [3.05, 3.63) is 41.6 Å². The number of carbonyl (C=O) groups is 2. The number of rotatable bonds is 7. The summed E-state index contributed by atoms with van der Waals surface area (Å²) >= 11 is 0. The molecule has 8 heteroatoms. The molecular formula is C22H27N5O3. The Bertz CT molecular complexity index is 931. The molecule has 1 saturated carbocycles. The highest BCUT2D eigenvalue weighted by atomic mass is 16.3. The summed E-state index contributed by atoms with van der Waals surface area (Å²) in [5.41, 5.74) is 2.29. The molecule has 158 valence electrons. The molecule has 1 heterocycles. The van der Waals surface area contributed by atoms with Gasteiger partial charge in [-0.25, -0.2) is 0 Å². The van der Waals surface area contributed by atoms with E-state index in [4.69, 9.17) is 5.26 Å². The van der Waals surface area contributed by atoms with Gasteiger partial charge in [-0.05, 0) is 43.4 Å². The Morgan fingerprint density at radius 2 is 1.93 bits per heavy atom. The third-order valence-electron chi connectivity index (χ3n) is 5.74. The SMILES string of the molecule is CC[C@H](C)[C@H](O)C(=O)N[C@@H]1CCC[C@H]1NC(=O)c1cc(-c2ccc(C#N)cc2)n[nH]1. The van der Waals surface area contributed by atoms with E-state index >= 15 is 0 Å². The molecule has 4 atom stereocenters. The van der Waals surface area contributed by atoms with Crippen molar-refractivity contribution < 1.29 is 14.7 Å². The highest BCUT2D eigenvalue weighted by Gasteiger charge is 2.32. The topological polar surface area (TPSA) is 131 Å². The van der Waals surface area contributed by atoms with Crippen molar-refractivity contribution in [3.8, 4) is 17.3 Å². The molecule has 0 spiro atoms. The first-order chi connectivity index (χ1) is 14.4. The standard InChI is InChI=1S/C22H27N5O3/c1-3-13(2)20(28)22(30)25-17-6-4-5-16(17)24-21(29)19-11-18(26-27-19)15-9-7-14(12-23)8-10-15/h7-11,13,16-17,20,28H,3-6H2,1-2H3,(H,24,29)(H,25,30)(H,26,27)/t13-,16+,17+,20-/m0/s1. The molecule has 0 unspecified atom stereocenters. The molecule has 30 heavy (non-hydrogen) atoms. The number of nitrogens with zero attached hydrogens (tertiary/aromatic N) is 2. The second-order valence-electron chi connectivity index (χ2n) is 7.81. The fraction of sp³-hybridized carbons (Fsp3) is 0.455. The van der Waals surface area contributed by atoms with E-state index in [0.29, 0.717) is 23.4 Å². The summed E-state index contributed by atoms with van der Waals surface area (Å²) in [6.45, 7) is 3.76. The lowest BCUT2D eigenvalue weighted by atomic mass is 10.0. The summed E-state index contributed by atoms with van der Waals surface area (Å²) in [5.74, 6) is -0.804. The van der Waals surface area contributed by atoms with E-state index in [1.807, 2.05) is 13.8 Å². The van der Waals surface area contributed by atoms with Crippen LogP contribution in [0.4, 0.5) is 0 Å². The van der Waals surface area contributed by atoms with Crippen molar-refractivity contribution in [2.45, 2.75) is 57.7 Å². The fourth-order valence-electron chi connectivity index (χ4n) is 3.60. The number of carbonyl (C=O) groups excluding carboxylic acids is 2. The van der Waals surface area contributed by atoms with Crippen LogP contribution in [0.25, 0.3) is 11.3 Å². The van der Waals surface area contributed by atoms with Gasteiger partial charge in [0.25, 0.3) is 5.91 Å². The summed E-state index contributed by atoms with van der Waals surface area (Å²) < 4.78 is 0. The van der Waals surface area contributed by atoms with Crippen molar-refractivity contribution in [2.75, 3.05) is 0 Å². The number of nitrogens with one attached hydrogen (secondary N) is 3. The number of aromatic nitrogens is 2. The smallest absolute Gasteiger partial charge is 0.269 e. The number of nitriles is 1. The second-order valence-corrected chi connectivity index (χ2v) is 7.81. The summed E-state index contributed by atoms with van der Waals surface area (Å²) in [5, 5.41) is 31.8. The minimum absolute atomic E-state index is 0.120. The zero-order valence-electron chi connectivity index (χ0n) is 17.2. The molecule has 4 N–H and O–H groups in total. The van der Waals surface area contributed by atoms with Crippen molar-refractivity contribution in [1.29, 1.82) is 5.26 Å².